The first-order valence-corrected chi connectivity index (χ1v) is 5.77. The van der Waals surface area contributed by atoms with Crippen LogP contribution in [0, 0.1) is 5.92 Å². The van der Waals surface area contributed by atoms with Gasteiger partial charge in [0.25, 0.3) is 0 Å². The number of nitrogens with zero attached hydrogens (tertiary/aromatic N) is 1. The monoisotopic (exact) mass is 243 g/mol. The maximum atomic E-state index is 11.0. The van der Waals surface area contributed by atoms with Gasteiger partial charge in [-0.25, -0.2) is 4.79 Å². The van der Waals surface area contributed by atoms with Crippen molar-refractivity contribution < 1.29 is 14.7 Å². The third-order valence-corrected chi connectivity index (χ3v) is 2.50. The number of carbonyl (C=O) groups is 2. The fourth-order valence-corrected chi connectivity index (χ4v) is 1.47. The van der Waals surface area contributed by atoms with Crippen molar-refractivity contribution in [2.24, 2.45) is 22.4 Å². The van der Waals surface area contributed by atoms with Crippen molar-refractivity contribution in [3.63, 3.8) is 0 Å². The van der Waals surface area contributed by atoms with Gasteiger partial charge in [-0.3, -0.25) is 9.79 Å². The first-order valence-electron chi connectivity index (χ1n) is 5.77. The highest BCUT2D eigenvalue weighted by Gasteiger charge is 2.19. The Balaban J connectivity index is 3.49. The average Bonchev–Trinajstić information content (AvgIpc) is 2.25. The lowest BCUT2D eigenvalue weighted by molar-refractivity contribution is -0.150. The number of carboxylic acids is 1. The first-order chi connectivity index (χ1) is 7.95. The Morgan fingerprint density at radius 3 is 2.29 bits per heavy atom. The van der Waals surface area contributed by atoms with E-state index in [0.29, 0.717) is 13.0 Å². The zero-order valence-corrected chi connectivity index (χ0v) is 10.2. The highest BCUT2D eigenvalue weighted by Crippen LogP contribution is 2.11. The number of carbonyl (C=O) groups excluding carboxylic acids is 1. The Bertz CT molecular complexity index is 286. The molecule has 0 fully saturated rings. The molecule has 0 aromatic heterocycles. The summed E-state index contributed by atoms with van der Waals surface area (Å²) in [5.41, 5.74) is 10.3. The SMILES string of the molecule is CC(CCCCCCN=C(N)N)C(=O)C(=O)O. The molecule has 0 aromatic carbocycles. The zero-order valence-electron chi connectivity index (χ0n) is 10.2. The third-order valence-electron chi connectivity index (χ3n) is 2.50. The largest absolute Gasteiger partial charge is 0.475 e. The second kappa shape index (κ2) is 8.55. The van der Waals surface area contributed by atoms with Gasteiger partial charge in [0.05, 0.1) is 0 Å². The van der Waals surface area contributed by atoms with Gasteiger partial charge in [-0.1, -0.05) is 26.2 Å². The fourth-order valence-electron chi connectivity index (χ4n) is 1.47. The molecule has 17 heavy (non-hydrogen) atoms. The summed E-state index contributed by atoms with van der Waals surface area (Å²) in [4.78, 5) is 25.3. The van der Waals surface area contributed by atoms with Crippen molar-refractivity contribution in [2.45, 2.75) is 39.0 Å². The molecule has 0 saturated carbocycles. The molecule has 1 atom stereocenters. The number of unbranched alkanes of at least 4 members (excludes halogenated alkanes) is 3. The van der Waals surface area contributed by atoms with Gasteiger partial charge < -0.3 is 16.6 Å². The molecule has 0 aliphatic rings. The molecule has 6 heteroatoms. The molecule has 6 nitrogen and oxygen atoms in total. The second-order valence-electron chi connectivity index (χ2n) is 4.08. The van der Waals surface area contributed by atoms with Gasteiger partial charge in [-0.05, 0) is 12.8 Å². The van der Waals surface area contributed by atoms with Gasteiger partial charge >= 0.3 is 5.97 Å². The highest BCUT2D eigenvalue weighted by molar-refractivity contribution is 6.33. The summed E-state index contributed by atoms with van der Waals surface area (Å²) in [6, 6.07) is 0. The number of nitrogens with two attached hydrogens (primary N) is 2. The van der Waals surface area contributed by atoms with E-state index in [1.807, 2.05) is 0 Å². The molecule has 0 radical (unpaired) electrons. The number of hydrogen-bond donors (Lipinski definition) is 3. The van der Waals surface area contributed by atoms with Gasteiger partial charge in [0.1, 0.15) is 0 Å². The predicted molar refractivity (Wildman–Crippen MR) is 65.6 cm³/mol. The van der Waals surface area contributed by atoms with Crippen molar-refractivity contribution in [2.75, 3.05) is 6.54 Å². The van der Waals surface area contributed by atoms with Crippen LogP contribution < -0.4 is 11.5 Å². The van der Waals surface area contributed by atoms with Gasteiger partial charge in [-0.2, -0.15) is 0 Å². The molecule has 5 N–H and O–H groups in total. The number of carboxylic acid groups (broad SMARTS) is 1. The van der Waals surface area contributed by atoms with E-state index in [0.717, 1.165) is 25.7 Å². The van der Waals surface area contributed by atoms with Crippen LogP contribution in [-0.4, -0.2) is 29.4 Å². The quantitative estimate of drug-likeness (QED) is 0.236. The summed E-state index contributed by atoms with van der Waals surface area (Å²) in [5, 5.41) is 8.49. The van der Waals surface area contributed by atoms with Gasteiger partial charge in [0, 0.05) is 12.5 Å². The Morgan fingerprint density at radius 1 is 1.18 bits per heavy atom. The number of aliphatic carboxylic acids is 1. The first kappa shape index (κ1) is 15.4. The third kappa shape index (κ3) is 8.24. The van der Waals surface area contributed by atoms with Crippen LogP contribution in [0.2, 0.25) is 0 Å². The minimum atomic E-state index is -1.34. The molecule has 98 valence electrons. The number of ketones is 1. The Labute approximate surface area is 101 Å². The summed E-state index contributed by atoms with van der Waals surface area (Å²) in [7, 11) is 0. The highest BCUT2D eigenvalue weighted by atomic mass is 16.4. The maximum absolute atomic E-state index is 11.0. The van der Waals surface area contributed by atoms with E-state index in [4.69, 9.17) is 16.6 Å². The van der Waals surface area contributed by atoms with Gasteiger partial charge in [0.15, 0.2) is 5.96 Å². The van der Waals surface area contributed by atoms with Crippen LogP contribution in [0.5, 0.6) is 0 Å². The molecule has 0 saturated heterocycles. The van der Waals surface area contributed by atoms with E-state index in [1.54, 1.807) is 6.92 Å². The lowest BCUT2D eigenvalue weighted by atomic mass is 9.98. The van der Waals surface area contributed by atoms with Crippen LogP contribution in [0.1, 0.15) is 39.0 Å². The molecule has 0 spiro atoms. The Hall–Kier alpha value is -1.59. The molecule has 0 heterocycles. The minimum absolute atomic E-state index is 0.102. The number of rotatable bonds is 9. The molecule has 0 rings (SSSR count). The summed E-state index contributed by atoms with van der Waals surface area (Å²) in [6.07, 6.45) is 4.30. The lowest BCUT2D eigenvalue weighted by Crippen LogP contribution is -2.22. The van der Waals surface area contributed by atoms with Crippen molar-refractivity contribution in [3.8, 4) is 0 Å². The smallest absolute Gasteiger partial charge is 0.372 e. The van der Waals surface area contributed by atoms with E-state index < -0.39 is 17.7 Å². The molecule has 0 aliphatic carbocycles. The van der Waals surface area contributed by atoms with E-state index >= 15 is 0 Å². The van der Waals surface area contributed by atoms with Crippen LogP contribution in [-0.2, 0) is 9.59 Å². The van der Waals surface area contributed by atoms with E-state index in [1.165, 1.54) is 0 Å². The van der Waals surface area contributed by atoms with Gasteiger partial charge in [-0.15, -0.1) is 0 Å². The normalized spacial score (nSPS) is 11.8. The Kier molecular flexibility index (Phi) is 7.75. The van der Waals surface area contributed by atoms with Crippen molar-refractivity contribution in [3.05, 3.63) is 0 Å². The molecular weight excluding hydrogens is 222 g/mol. The molecule has 0 aromatic rings. The number of Topliss-reactive ketones (excluding diaryl/α,β-unsaturated/α-hetero) is 1. The summed E-state index contributed by atoms with van der Waals surface area (Å²) >= 11 is 0. The van der Waals surface area contributed by atoms with E-state index in [2.05, 4.69) is 4.99 Å². The van der Waals surface area contributed by atoms with Crippen molar-refractivity contribution in [1.82, 2.24) is 0 Å². The number of hydrogen-bond acceptors (Lipinski definition) is 3. The second-order valence-corrected chi connectivity index (χ2v) is 4.08. The zero-order chi connectivity index (χ0) is 13.3. The lowest BCUT2D eigenvalue weighted by Gasteiger charge is -2.06. The van der Waals surface area contributed by atoms with Crippen LogP contribution in [0.3, 0.4) is 0 Å². The molecular formula is C11H21N3O3. The summed E-state index contributed by atoms with van der Waals surface area (Å²) in [5.74, 6) is -2.34. The minimum Gasteiger partial charge on any atom is -0.475 e. The van der Waals surface area contributed by atoms with E-state index in [9.17, 15) is 9.59 Å². The average molecular weight is 243 g/mol. The van der Waals surface area contributed by atoms with Crippen molar-refractivity contribution in [1.29, 1.82) is 0 Å². The number of aliphatic imine (C=N–C) groups is 1. The van der Waals surface area contributed by atoms with Crippen LogP contribution >= 0.6 is 0 Å². The maximum Gasteiger partial charge on any atom is 0.372 e. The molecule has 0 amide bonds. The van der Waals surface area contributed by atoms with Crippen LogP contribution in [0.25, 0.3) is 0 Å². The number of guanidine groups is 1. The standard InChI is InChI=1S/C11H21N3O3/c1-8(9(15)10(16)17)6-4-2-3-5-7-14-11(12)13/h8H,2-7H2,1H3,(H,16,17)(H4,12,13,14). The predicted octanol–water partition coefficient (Wildman–Crippen LogP) is 0.500. The van der Waals surface area contributed by atoms with E-state index in [-0.39, 0.29) is 5.96 Å². The fraction of sp³-hybridized carbons (Fsp3) is 0.727. The van der Waals surface area contributed by atoms with Crippen LogP contribution in [0.15, 0.2) is 4.99 Å². The Morgan fingerprint density at radius 2 is 1.76 bits per heavy atom. The van der Waals surface area contributed by atoms with Crippen molar-refractivity contribution >= 4 is 17.7 Å². The summed E-state index contributed by atoms with van der Waals surface area (Å²) < 4.78 is 0. The molecule has 0 bridgehead atoms. The molecule has 0 aliphatic heterocycles. The summed E-state index contributed by atoms with van der Waals surface area (Å²) in [6.45, 7) is 2.27. The van der Waals surface area contributed by atoms with Crippen LogP contribution in [0.4, 0.5) is 0 Å². The molecule has 1 unspecified atom stereocenters. The van der Waals surface area contributed by atoms with Gasteiger partial charge in [0.2, 0.25) is 5.78 Å². The topological polar surface area (TPSA) is 119 Å².